The first-order valence-electron chi connectivity index (χ1n) is 7.26. The molecular formula is C18H23NO. The molecular weight excluding hydrogens is 246 g/mol. The monoisotopic (exact) mass is 269 g/mol. The average molecular weight is 269 g/mol. The summed E-state index contributed by atoms with van der Waals surface area (Å²) >= 11 is 0. The number of hydrogen-bond donors (Lipinski definition) is 2. The molecule has 2 aromatic carbocycles. The first kappa shape index (κ1) is 14.8. The standard InChI is InChI=1S/C18H23NO/c1-3-17(15-10-6-4-7-11-15)19-14(2)18(20)16-12-8-5-9-13-16/h4-14,17-20H,3H2,1-2H3/t14-,17+,18-/m0/s1. The molecule has 0 aliphatic heterocycles. The predicted octanol–water partition coefficient (Wildman–Crippen LogP) is 3.85. The van der Waals surface area contributed by atoms with Gasteiger partial charge in [0.25, 0.3) is 0 Å². The molecule has 20 heavy (non-hydrogen) atoms. The number of hydrogen-bond acceptors (Lipinski definition) is 2. The van der Waals surface area contributed by atoms with Crippen LogP contribution in [0.2, 0.25) is 0 Å². The predicted molar refractivity (Wildman–Crippen MR) is 83.5 cm³/mol. The third-order valence-electron chi connectivity index (χ3n) is 3.69. The Hall–Kier alpha value is -1.64. The quantitative estimate of drug-likeness (QED) is 0.835. The topological polar surface area (TPSA) is 32.3 Å². The van der Waals surface area contributed by atoms with Crippen molar-refractivity contribution in [2.45, 2.75) is 38.5 Å². The maximum Gasteiger partial charge on any atom is 0.0940 e. The van der Waals surface area contributed by atoms with Crippen molar-refractivity contribution in [1.82, 2.24) is 5.32 Å². The number of benzene rings is 2. The third kappa shape index (κ3) is 3.69. The molecule has 0 spiro atoms. The smallest absolute Gasteiger partial charge is 0.0940 e. The first-order valence-corrected chi connectivity index (χ1v) is 7.26. The van der Waals surface area contributed by atoms with Gasteiger partial charge < -0.3 is 10.4 Å². The van der Waals surface area contributed by atoms with Gasteiger partial charge in [-0.3, -0.25) is 0 Å². The largest absolute Gasteiger partial charge is 0.387 e. The minimum Gasteiger partial charge on any atom is -0.387 e. The maximum atomic E-state index is 10.4. The molecule has 2 N–H and O–H groups in total. The van der Waals surface area contributed by atoms with Crippen LogP contribution in [0.15, 0.2) is 60.7 Å². The number of rotatable bonds is 6. The molecule has 0 saturated heterocycles. The zero-order valence-electron chi connectivity index (χ0n) is 12.2. The minimum atomic E-state index is -0.492. The van der Waals surface area contributed by atoms with Crippen LogP contribution in [0.3, 0.4) is 0 Å². The summed E-state index contributed by atoms with van der Waals surface area (Å²) in [6, 6.07) is 20.5. The highest BCUT2D eigenvalue weighted by Crippen LogP contribution is 2.22. The van der Waals surface area contributed by atoms with E-state index < -0.39 is 6.10 Å². The number of aliphatic hydroxyl groups excluding tert-OH is 1. The van der Waals surface area contributed by atoms with E-state index in [0.717, 1.165) is 12.0 Å². The highest BCUT2D eigenvalue weighted by molar-refractivity contribution is 5.21. The van der Waals surface area contributed by atoms with E-state index in [-0.39, 0.29) is 12.1 Å². The molecule has 0 heterocycles. The molecule has 106 valence electrons. The van der Waals surface area contributed by atoms with Gasteiger partial charge in [-0.2, -0.15) is 0 Å². The fourth-order valence-corrected chi connectivity index (χ4v) is 2.48. The van der Waals surface area contributed by atoms with Crippen molar-refractivity contribution >= 4 is 0 Å². The Morgan fingerprint density at radius 2 is 1.40 bits per heavy atom. The van der Waals surface area contributed by atoms with Crippen molar-refractivity contribution in [3.63, 3.8) is 0 Å². The second kappa shape index (κ2) is 7.22. The highest BCUT2D eigenvalue weighted by Gasteiger charge is 2.19. The number of nitrogens with one attached hydrogen (secondary N) is 1. The molecule has 0 unspecified atom stereocenters. The van der Waals surface area contributed by atoms with E-state index in [1.54, 1.807) is 0 Å². The Morgan fingerprint density at radius 1 is 0.900 bits per heavy atom. The van der Waals surface area contributed by atoms with E-state index in [9.17, 15) is 5.11 Å². The van der Waals surface area contributed by atoms with E-state index in [4.69, 9.17) is 0 Å². The van der Waals surface area contributed by atoms with Gasteiger partial charge in [0, 0.05) is 12.1 Å². The first-order chi connectivity index (χ1) is 9.72. The Kier molecular flexibility index (Phi) is 5.33. The molecule has 0 aromatic heterocycles. The molecule has 0 amide bonds. The van der Waals surface area contributed by atoms with E-state index >= 15 is 0 Å². The van der Waals surface area contributed by atoms with Gasteiger partial charge >= 0.3 is 0 Å². The van der Waals surface area contributed by atoms with Crippen LogP contribution < -0.4 is 5.32 Å². The number of aliphatic hydroxyl groups is 1. The van der Waals surface area contributed by atoms with E-state index in [1.807, 2.05) is 43.3 Å². The van der Waals surface area contributed by atoms with Crippen LogP contribution in [0.5, 0.6) is 0 Å². The van der Waals surface area contributed by atoms with Crippen LogP contribution in [0, 0.1) is 0 Å². The molecule has 0 bridgehead atoms. The third-order valence-corrected chi connectivity index (χ3v) is 3.69. The van der Waals surface area contributed by atoms with Gasteiger partial charge in [-0.05, 0) is 24.5 Å². The van der Waals surface area contributed by atoms with Crippen LogP contribution in [0.25, 0.3) is 0 Å². The van der Waals surface area contributed by atoms with Crippen molar-refractivity contribution in [3.8, 4) is 0 Å². The van der Waals surface area contributed by atoms with Crippen molar-refractivity contribution in [2.24, 2.45) is 0 Å². The van der Waals surface area contributed by atoms with Crippen LogP contribution in [0.4, 0.5) is 0 Å². The second-order valence-corrected chi connectivity index (χ2v) is 5.18. The molecule has 0 fully saturated rings. The lowest BCUT2D eigenvalue weighted by Crippen LogP contribution is -2.35. The lowest BCUT2D eigenvalue weighted by atomic mass is 9.99. The maximum absolute atomic E-state index is 10.4. The molecule has 2 rings (SSSR count). The summed E-state index contributed by atoms with van der Waals surface area (Å²) in [5.41, 5.74) is 2.22. The summed E-state index contributed by atoms with van der Waals surface area (Å²) in [7, 11) is 0. The van der Waals surface area contributed by atoms with E-state index in [1.165, 1.54) is 5.56 Å². The molecule has 0 aliphatic rings. The summed E-state index contributed by atoms with van der Waals surface area (Å²) < 4.78 is 0. The molecule has 3 atom stereocenters. The molecule has 2 heteroatoms. The van der Waals surface area contributed by atoms with Gasteiger partial charge in [0.1, 0.15) is 0 Å². The Balaban J connectivity index is 2.04. The summed E-state index contributed by atoms with van der Waals surface area (Å²) in [6.07, 6.45) is 0.504. The van der Waals surface area contributed by atoms with Crippen molar-refractivity contribution in [1.29, 1.82) is 0 Å². The Labute approximate surface area is 121 Å². The molecule has 0 aliphatic carbocycles. The summed E-state index contributed by atoms with van der Waals surface area (Å²) in [5, 5.41) is 13.9. The Morgan fingerprint density at radius 3 is 1.90 bits per heavy atom. The second-order valence-electron chi connectivity index (χ2n) is 5.18. The van der Waals surface area contributed by atoms with Crippen molar-refractivity contribution in [3.05, 3.63) is 71.8 Å². The fraction of sp³-hybridized carbons (Fsp3) is 0.333. The van der Waals surface area contributed by atoms with Gasteiger partial charge in [0.05, 0.1) is 6.10 Å². The SMILES string of the molecule is CC[C@@H](N[C@@H](C)[C@H](O)c1ccccc1)c1ccccc1. The zero-order valence-corrected chi connectivity index (χ0v) is 12.2. The molecule has 0 saturated carbocycles. The van der Waals surface area contributed by atoms with Crippen LogP contribution in [-0.4, -0.2) is 11.1 Å². The molecule has 2 aromatic rings. The highest BCUT2D eigenvalue weighted by atomic mass is 16.3. The summed E-state index contributed by atoms with van der Waals surface area (Å²) in [5.74, 6) is 0. The fourth-order valence-electron chi connectivity index (χ4n) is 2.48. The summed E-state index contributed by atoms with van der Waals surface area (Å²) in [4.78, 5) is 0. The van der Waals surface area contributed by atoms with Gasteiger partial charge in [0.2, 0.25) is 0 Å². The van der Waals surface area contributed by atoms with E-state index in [2.05, 4.69) is 36.5 Å². The van der Waals surface area contributed by atoms with Crippen LogP contribution >= 0.6 is 0 Å². The lowest BCUT2D eigenvalue weighted by Gasteiger charge is -2.26. The Bertz CT molecular complexity index is 497. The van der Waals surface area contributed by atoms with Gasteiger partial charge in [-0.25, -0.2) is 0 Å². The molecule has 0 radical (unpaired) electrons. The molecule has 2 nitrogen and oxygen atoms in total. The lowest BCUT2D eigenvalue weighted by molar-refractivity contribution is 0.129. The average Bonchev–Trinajstić information content (AvgIpc) is 2.53. The van der Waals surface area contributed by atoms with Gasteiger partial charge in [0.15, 0.2) is 0 Å². The van der Waals surface area contributed by atoms with Gasteiger partial charge in [-0.1, -0.05) is 67.6 Å². The minimum absolute atomic E-state index is 0.00237. The summed E-state index contributed by atoms with van der Waals surface area (Å²) in [6.45, 7) is 4.19. The normalized spacial score (nSPS) is 15.6. The zero-order chi connectivity index (χ0) is 14.4. The van der Waals surface area contributed by atoms with Crippen molar-refractivity contribution < 1.29 is 5.11 Å². The van der Waals surface area contributed by atoms with Gasteiger partial charge in [-0.15, -0.1) is 0 Å². The van der Waals surface area contributed by atoms with Crippen LogP contribution in [-0.2, 0) is 0 Å². The van der Waals surface area contributed by atoms with Crippen molar-refractivity contribution in [2.75, 3.05) is 0 Å². The van der Waals surface area contributed by atoms with E-state index in [0.29, 0.717) is 0 Å². The van der Waals surface area contributed by atoms with Crippen LogP contribution in [0.1, 0.15) is 43.5 Å².